The second-order valence-corrected chi connectivity index (χ2v) is 6.11. The Balaban J connectivity index is 2.27. The molecule has 0 atom stereocenters. The summed E-state index contributed by atoms with van der Waals surface area (Å²) in [6, 6.07) is 8.04. The Morgan fingerprint density at radius 1 is 1.24 bits per heavy atom. The molecule has 0 unspecified atom stereocenters. The topological polar surface area (TPSA) is 17.1 Å². The maximum atomic E-state index is 13.0. The lowest BCUT2D eigenvalue weighted by Gasteiger charge is -2.40. The second kappa shape index (κ2) is 3.94. The van der Waals surface area contributed by atoms with E-state index < -0.39 is 11.6 Å². The van der Waals surface area contributed by atoms with Gasteiger partial charge < -0.3 is 4.79 Å². The summed E-state index contributed by atoms with van der Waals surface area (Å²) in [5.74, 6) is 0. The minimum atomic E-state index is -0.817. The quantitative estimate of drug-likeness (QED) is 0.715. The molecule has 1 saturated carbocycles. The molecule has 1 aromatic carbocycles. The van der Waals surface area contributed by atoms with Gasteiger partial charge in [-0.25, -0.2) is 4.39 Å². The lowest BCUT2D eigenvalue weighted by Crippen LogP contribution is -2.44. The first-order valence-corrected chi connectivity index (χ1v) is 6.09. The van der Waals surface area contributed by atoms with Crippen LogP contribution in [0.4, 0.5) is 4.39 Å². The third-order valence-electron chi connectivity index (χ3n) is 3.72. The standard InChI is InChI=1S/C15H19FO/c1-14(2,3)11-4-6-12(7-5-11)15(10-17)8-13(16)9-15/h4-7,10,13H,8-9H2,1-3H3. The molecule has 2 heteroatoms. The Morgan fingerprint density at radius 3 is 2.12 bits per heavy atom. The molecular weight excluding hydrogens is 215 g/mol. The fraction of sp³-hybridized carbons (Fsp3) is 0.533. The van der Waals surface area contributed by atoms with Crippen LogP contribution >= 0.6 is 0 Å². The highest BCUT2D eigenvalue weighted by atomic mass is 19.1. The number of carbonyl (C=O) groups is 1. The SMILES string of the molecule is CC(C)(C)c1ccc(C2(C=O)CC(F)C2)cc1. The van der Waals surface area contributed by atoms with Crippen LogP contribution in [-0.2, 0) is 15.6 Å². The van der Waals surface area contributed by atoms with Crippen molar-refractivity contribution in [3.8, 4) is 0 Å². The van der Waals surface area contributed by atoms with Crippen molar-refractivity contribution in [2.45, 2.75) is 50.6 Å². The van der Waals surface area contributed by atoms with E-state index in [2.05, 4.69) is 20.8 Å². The number of hydrogen-bond donors (Lipinski definition) is 0. The Morgan fingerprint density at radius 2 is 1.76 bits per heavy atom. The molecule has 0 N–H and O–H groups in total. The normalized spacial score (nSPS) is 28.6. The summed E-state index contributed by atoms with van der Waals surface area (Å²) in [5.41, 5.74) is 1.73. The van der Waals surface area contributed by atoms with Gasteiger partial charge in [-0.3, -0.25) is 0 Å². The van der Waals surface area contributed by atoms with E-state index in [4.69, 9.17) is 0 Å². The molecule has 0 aliphatic heterocycles. The van der Waals surface area contributed by atoms with Crippen LogP contribution in [0, 0.1) is 0 Å². The van der Waals surface area contributed by atoms with Crippen LogP contribution in [-0.4, -0.2) is 12.5 Å². The van der Waals surface area contributed by atoms with Crippen molar-refractivity contribution < 1.29 is 9.18 Å². The summed E-state index contributed by atoms with van der Waals surface area (Å²) in [5, 5.41) is 0. The molecule has 1 nitrogen and oxygen atoms in total. The van der Waals surface area contributed by atoms with Crippen molar-refractivity contribution in [1.82, 2.24) is 0 Å². The van der Waals surface area contributed by atoms with Crippen LogP contribution in [0.2, 0.25) is 0 Å². The molecule has 92 valence electrons. The Kier molecular flexibility index (Phi) is 2.84. The number of alkyl halides is 1. The number of carbonyl (C=O) groups excluding carboxylic acids is 1. The lowest BCUT2D eigenvalue weighted by atomic mass is 9.64. The second-order valence-electron chi connectivity index (χ2n) is 6.11. The summed E-state index contributed by atoms with van der Waals surface area (Å²) in [4.78, 5) is 11.2. The summed E-state index contributed by atoms with van der Waals surface area (Å²) >= 11 is 0. The number of halogens is 1. The van der Waals surface area contributed by atoms with Crippen molar-refractivity contribution >= 4 is 6.29 Å². The van der Waals surface area contributed by atoms with E-state index >= 15 is 0 Å². The van der Waals surface area contributed by atoms with Gasteiger partial charge in [-0.1, -0.05) is 45.0 Å². The van der Waals surface area contributed by atoms with Crippen molar-refractivity contribution in [3.63, 3.8) is 0 Å². The Hall–Kier alpha value is -1.18. The number of hydrogen-bond acceptors (Lipinski definition) is 1. The zero-order chi connectivity index (χ0) is 12.7. The maximum Gasteiger partial charge on any atom is 0.130 e. The fourth-order valence-corrected chi connectivity index (χ4v) is 2.43. The highest BCUT2D eigenvalue weighted by Gasteiger charge is 2.46. The molecule has 0 radical (unpaired) electrons. The third kappa shape index (κ3) is 2.13. The molecule has 0 bridgehead atoms. The zero-order valence-electron chi connectivity index (χ0n) is 10.7. The predicted molar refractivity (Wildman–Crippen MR) is 67.0 cm³/mol. The summed E-state index contributed by atoms with van der Waals surface area (Å²) in [7, 11) is 0. The molecule has 0 aromatic heterocycles. The summed E-state index contributed by atoms with van der Waals surface area (Å²) < 4.78 is 13.0. The minimum Gasteiger partial charge on any atom is -0.302 e. The first-order chi connectivity index (χ1) is 7.87. The van der Waals surface area contributed by atoms with Crippen molar-refractivity contribution in [3.05, 3.63) is 35.4 Å². The average Bonchev–Trinajstić information content (AvgIpc) is 2.23. The molecule has 17 heavy (non-hydrogen) atoms. The Bertz CT molecular complexity index is 408. The molecule has 1 aromatic rings. The van der Waals surface area contributed by atoms with Gasteiger partial charge in [0.1, 0.15) is 12.5 Å². The van der Waals surface area contributed by atoms with Gasteiger partial charge in [-0.15, -0.1) is 0 Å². The van der Waals surface area contributed by atoms with E-state index in [9.17, 15) is 9.18 Å². The molecule has 1 fully saturated rings. The first kappa shape index (κ1) is 12.3. The van der Waals surface area contributed by atoms with Crippen LogP contribution in [0.25, 0.3) is 0 Å². The zero-order valence-corrected chi connectivity index (χ0v) is 10.7. The van der Waals surface area contributed by atoms with Gasteiger partial charge in [-0.05, 0) is 29.4 Å². The predicted octanol–water partition coefficient (Wildman–Crippen LogP) is 3.55. The maximum absolute atomic E-state index is 13.0. The molecule has 0 saturated heterocycles. The van der Waals surface area contributed by atoms with E-state index in [0.29, 0.717) is 12.8 Å². The van der Waals surface area contributed by atoms with E-state index in [1.165, 1.54) is 5.56 Å². The van der Waals surface area contributed by atoms with Crippen molar-refractivity contribution in [2.75, 3.05) is 0 Å². The monoisotopic (exact) mass is 234 g/mol. The van der Waals surface area contributed by atoms with Gasteiger partial charge >= 0.3 is 0 Å². The molecule has 0 amide bonds. The minimum absolute atomic E-state index is 0.106. The molecule has 1 aliphatic carbocycles. The van der Waals surface area contributed by atoms with Crippen molar-refractivity contribution in [2.24, 2.45) is 0 Å². The number of rotatable bonds is 2. The average molecular weight is 234 g/mol. The third-order valence-corrected chi connectivity index (χ3v) is 3.72. The summed E-state index contributed by atoms with van der Waals surface area (Å²) in [6.45, 7) is 6.45. The van der Waals surface area contributed by atoms with Crippen LogP contribution < -0.4 is 0 Å². The number of aldehydes is 1. The smallest absolute Gasteiger partial charge is 0.130 e. The molecule has 0 spiro atoms. The largest absolute Gasteiger partial charge is 0.302 e. The van der Waals surface area contributed by atoms with E-state index in [0.717, 1.165) is 11.8 Å². The van der Waals surface area contributed by atoms with E-state index in [1.54, 1.807) is 0 Å². The van der Waals surface area contributed by atoms with Crippen molar-refractivity contribution in [1.29, 1.82) is 0 Å². The molecular formula is C15H19FO. The van der Waals surface area contributed by atoms with Crippen LogP contribution in [0.5, 0.6) is 0 Å². The first-order valence-electron chi connectivity index (χ1n) is 6.09. The van der Waals surface area contributed by atoms with Crippen LogP contribution in [0.15, 0.2) is 24.3 Å². The van der Waals surface area contributed by atoms with Gasteiger partial charge in [0.2, 0.25) is 0 Å². The molecule has 2 rings (SSSR count). The molecule has 1 aliphatic rings. The molecule has 0 heterocycles. The summed E-state index contributed by atoms with van der Waals surface area (Å²) in [6.07, 6.45) is 0.772. The van der Waals surface area contributed by atoms with E-state index in [1.807, 2.05) is 24.3 Å². The lowest BCUT2D eigenvalue weighted by molar-refractivity contribution is -0.117. The highest BCUT2D eigenvalue weighted by molar-refractivity contribution is 5.71. The van der Waals surface area contributed by atoms with Crippen LogP contribution in [0.3, 0.4) is 0 Å². The van der Waals surface area contributed by atoms with Gasteiger partial charge in [0.05, 0.1) is 5.41 Å². The highest BCUT2D eigenvalue weighted by Crippen LogP contribution is 2.44. The van der Waals surface area contributed by atoms with Gasteiger partial charge in [0.25, 0.3) is 0 Å². The Labute approximate surface area is 102 Å². The van der Waals surface area contributed by atoms with E-state index in [-0.39, 0.29) is 5.41 Å². The number of benzene rings is 1. The van der Waals surface area contributed by atoms with Gasteiger partial charge in [0, 0.05) is 0 Å². The van der Waals surface area contributed by atoms with Gasteiger partial charge in [0.15, 0.2) is 0 Å². The fourth-order valence-electron chi connectivity index (χ4n) is 2.43. The van der Waals surface area contributed by atoms with Crippen LogP contribution in [0.1, 0.15) is 44.7 Å². The van der Waals surface area contributed by atoms with Gasteiger partial charge in [-0.2, -0.15) is 0 Å².